The Morgan fingerprint density at radius 2 is 1.88 bits per heavy atom. The van der Waals surface area contributed by atoms with Crippen LogP contribution in [0.25, 0.3) is 11.1 Å². The van der Waals surface area contributed by atoms with Crippen LogP contribution in [0.5, 0.6) is 11.5 Å². The average molecular weight is 435 g/mol. The maximum absolute atomic E-state index is 13.8. The van der Waals surface area contributed by atoms with Gasteiger partial charge in [0, 0.05) is 36.5 Å². The maximum atomic E-state index is 13.8. The number of carbonyl (C=O) groups is 1. The number of hydrogen-bond donors (Lipinski definition) is 1. The molecule has 32 heavy (non-hydrogen) atoms. The summed E-state index contributed by atoms with van der Waals surface area (Å²) >= 11 is 0. The maximum Gasteiger partial charge on any atom is 0.253 e. The van der Waals surface area contributed by atoms with Crippen LogP contribution in [0.15, 0.2) is 60.0 Å². The molecular formula is C26H27FN2O3. The molecule has 2 aromatic carbocycles. The zero-order chi connectivity index (χ0) is 23.4. The number of benzene rings is 2. The summed E-state index contributed by atoms with van der Waals surface area (Å²) < 4.78 is 21.7. The molecular weight excluding hydrogens is 407 g/mol. The minimum atomic E-state index is -0.320. The van der Waals surface area contributed by atoms with Gasteiger partial charge in [0.15, 0.2) is 0 Å². The Bertz CT molecular complexity index is 1220. The molecule has 1 N–H and O–H groups in total. The van der Waals surface area contributed by atoms with E-state index >= 15 is 0 Å². The first kappa shape index (κ1) is 23.0. The lowest BCUT2D eigenvalue weighted by Crippen LogP contribution is -2.22. The second kappa shape index (κ2) is 9.64. The number of amides is 1. The summed E-state index contributed by atoms with van der Waals surface area (Å²) in [5, 5.41) is 2.80. The molecule has 0 fully saturated rings. The van der Waals surface area contributed by atoms with Gasteiger partial charge in [-0.05, 0) is 67.3 Å². The molecule has 0 bridgehead atoms. The van der Waals surface area contributed by atoms with Crippen LogP contribution in [0, 0.1) is 19.7 Å². The molecule has 6 heteroatoms. The molecule has 1 heterocycles. The summed E-state index contributed by atoms with van der Waals surface area (Å²) in [4.78, 5) is 24.2. The summed E-state index contributed by atoms with van der Waals surface area (Å²) in [5.41, 5.74) is 4.33. The van der Waals surface area contributed by atoms with Crippen LogP contribution in [0.1, 0.15) is 29.2 Å². The van der Waals surface area contributed by atoms with Gasteiger partial charge in [-0.2, -0.15) is 0 Å². The summed E-state index contributed by atoms with van der Waals surface area (Å²) in [6, 6.07) is 10.3. The lowest BCUT2D eigenvalue weighted by atomic mass is 9.97. The molecule has 0 spiro atoms. The van der Waals surface area contributed by atoms with E-state index in [9.17, 15) is 14.0 Å². The van der Waals surface area contributed by atoms with Crippen LogP contribution in [-0.2, 0) is 24.8 Å². The minimum absolute atomic E-state index is 0.0543. The van der Waals surface area contributed by atoms with Crippen molar-refractivity contribution in [2.24, 2.45) is 7.05 Å². The Morgan fingerprint density at radius 1 is 1.19 bits per heavy atom. The Hall–Kier alpha value is -3.67. The average Bonchev–Trinajstić information content (AvgIpc) is 2.76. The van der Waals surface area contributed by atoms with Crippen molar-refractivity contribution in [3.05, 3.63) is 93.7 Å². The van der Waals surface area contributed by atoms with Gasteiger partial charge in [0.25, 0.3) is 5.56 Å². The van der Waals surface area contributed by atoms with Gasteiger partial charge in [-0.1, -0.05) is 25.6 Å². The van der Waals surface area contributed by atoms with E-state index < -0.39 is 0 Å². The van der Waals surface area contributed by atoms with Crippen LogP contribution < -0.4 is 15.6 Å². The van der Waals surface area contributed by atoms with Crippen LogP contribution in [0.3, 0.4) is 0 Å². The molecule has 0 saturated carbocycles. The van der Waals surface area contributed by atoms with Gasteiger partial charge in [-0.25, -0.2) is 4.39 Å². The molecule has 1 aromatic heterocycles. The van der Waals surface area contributed by atoms with Crippen LogP contribution in [0.4, 0.5) is 4.39 Å². The van der Waals surface area contributed by atoms with Gasteiger partial charge in [0.05, 0.1) is 0 Å². The van der Waals surface area contributed by atoms with E-state index in [2.05, 4.69) is 11.9 Å². The zero-order valence-corrected chi connectivity index (χ0v) is 18.8. The Kier molecular flexibility index (Phi) is 6.93. The van der Waals surface area contributed by atoms with Crippen molar-refractivity contribution in [3.8, 4) is 22.6 Å². The fraction of sp³-hybridized carbons (Fsp3) is 0.231. The zero-order valence-electron chi connectivity index (χ0n) is 18.8. The van der Waals surface area contributed by atoms with Gasteiger partial charge in [-0.3, -0.25) is 9.59 Å². The first-order chi connectivity index (χ1) is 15.2. The number of carbonyl (C=O) groups excluding carboxylic acids is 1. The topological polar surface area (TPSA) is 60.3 Å². The second-order valence-corrected chi connectivity index (χ2v) is 7.71. The molecule has 1 amide bonds. The van der Waals surface area contributed by atoms with Crippen LogP contribution >= 0.6 is 0 Å². The number of nitrogens with zero attached hydrogens (tertiary/aromatic N) is 1. The van der Waals surface area contributed by atoms with Crippen molar-refractivity contribution in [2.45, 2.75) is 33.7 Å². The summed E-state index contributed by atoms with van der Waals surface area (Å²) in [7, 11) is 1.71. The van der Waals surface area contributed by atoms with Gasteiger partial charge in [0.1, 0.15) is 17.3 Å². The molecule has 0 atom stereocenters. The third-order valence-electron chi connectivity index (χ3n) is 5.32. The number of hydrogen-bond acceptors (Lipinski definition) is 3. The predicted octanol–water partition coefficient (Wildman–Crippen LogP) is 4.97. The molecule has 3 rings (SSSR count). The molecule has 5 nitrogen and oxygen atoms in total. The first-order valence-corrected chi connectivity index (χ1v) is 10.4. The molecule has 0 aliphatic heterocycles. The molecule has 166 valence electrons. The SMILES string of the molecule is C=CC(=O)NCc1cccc(Oc2c(C)cc(F)cc2C)c1-c1cc(CC)c(=O)n(C)c1. The number of aryl methyl sites for hydroxylation is 4. The quantitative estimate of drug-likeness (QED) is 0.535. The monoisotopic (exact) mass is 434 g/mol. The molecule has 0 radical (unpaired) electrons. The van der Waals surface area contributed by atoms with Crippen molar-refractivity contribution < 1.29 is 13.9 Å². The molecule has 0 saturated heterocycles. The molecule has 0 aliphatic rings. The van der Waals surface area contributed by atoms with E-state index in [-0.39, 0.29) is 23.8 Å². The van der Waals surface area contributed by atoms with Crippen molar-refractivity contribution in [2.75, 3.05) is 0 Å². The third kappa shape index (κ3) is 4.80. The standard InChI is InChI=1S/C26H27FN2O3/c1-6-18-13-20(15-29(5)26(18)31)24-19(14-28-23(30)7-2)9-8-10-22(24)32-25-16(3)11-21(27)12-17(25)4/h7-13,15H,2,6,14H2,1,3-5H3,(H,28,30). The van der Waals surface area contributed by atoms with E-state index in [1.54, 1.807) is 31.7 Å². The van der Waals surface area contributed by atoms with Gasteiger partial charge in [-0.15, -0.1) is 0 Å². The lowest BCUT2D eigenvalue weighted by molar-refractivity contribution is -0.116. The van der Waals surface area contributed by atoms with E-state index in [0.717, 1.165) is 16.7 Å². The van der Waals surface area contributed by atoms with E-state index in [1.807, 2.05) is 31.2 Å². The number of pyridine rings is 1. The fourth-order valence-electron chi connectivity index (χ4n) is 3.73. The van der Waals surface area contributed by atoms with Gasteiger partial charge in [0.2, 0.25) is 5.91 Å². The lowest BCUT2D eigenvalue weighted by Gasteiger charge is -2.19. The number of ether oxygens (including phenoxy) is 1. The fourth-order valence-corrected chi connectivity index (χ4v) is 3.73. The normalized spacial score (nSPS) is 10.7. The van der Waals surface area contributed by atoms with Crippen molar-refractivity contribution >= 4 is 5.91 Å². The van der Waals surface area contributed by atoms with E-state index in [1.165, 1.54) is 18.2 Å². The summed E-state index contributed by atoms with van der Waals surface area (Å²) in [6.45, 7) is 9.26. The highest BCUT2D eigenvalue weighted by Crippen LogP contribution is 2.38. The minimum Gasteiger partial charge on any atom is -0.456 e. The predicted molar refractivity (Wildman–Crippen MR) is 124 cm³/mol. The highest BCUT2D eigenvalue weighted by atomic mass is 19.1. The van der Waals surface area contributed by atoms with E-state index in [0.29, 0.717) is 34.6 Å². The van der Waals surface area contributed by atoms with Crippen molar-refractivity contribution in [1.82, 2.24) is 9.88 Å². The first-order valence-electron chi connectivity index (χ1n) is 10.4. The molecule has 0 aliphatic carbocycles. The Morgan fingerprint density at radius 3 is 2.50 bits per heavy atom. The number of halogens is 1. The Labute approximate surface area is 187 Å². The van der Waals surface area contributed by atoms with Gasteiger partial charge < -0.3 is 14.6 Å². The Balaban J connectivity index is 2.20. The highest BCUT2D eigenvalue weighted by molar-refractivity contribution is 5.87. The number of rotatable bonds is 7. The largest absolute Gasteiger partial charge is 0.456 e. The smallest absolute Gasteiger partial charge is 0.253 e. The van der Waals surface area contributed by atoms with Crippen LogP contribution in [0.2, 0.25) is 0 Å². The summed E-state index contributed by atoms with van der Waals surface area (Å²) in [5.74, 6) is 0.510. The van der Waals surface area contributed by atoms with Crippen LogP contribution in [-0.4, -0.2) is 10.5 Å². The molecule has 3 aromatic rings. The number of nitrogens with one attached hydrogen (secondary N) is 1. The molecule has 0 unspecified atom stereocenters. The van der Waals surface area contributed by atoms with E-state index in [4.69, 9.17) is 4.74 Å². The summed E-state index contributed by atoms with van der Waals surface area (Å²) in [6.07, 6.45) is 3.56. The third-order valence-corrected chi connectivity index (χ3v) is 5.32. The van der Waals surface area contributed by atoms with Gasteiger partial charge >= 0.3 is 0 Å². The van der Waals surface area contributed by atoms with Crippen molar-refractivity contribution in [1.29, 1.82) is 0 Å². The van der Waals surface area contributed by atoms with Crippen molar-refractivity contribution in [3.63, 3.8) is 0 Å². The number of aromatic nitrogens is 1. The second-order valence-electron chi connectivity index (χ2n) is 7.71. The highest BCUT2D eigenvalue weighted by Gasteiger charge is 2.17.